The molecule has 0 aliphatic carbocycles. The first-order chi connectivity index (χ1) is 12.2. The van der Waals surface area contributed by atoms with E-state index in [4.69, 9.17) is 4.42 Å². The molecule has 1 aliphatic rings. The molecule has 0 saturated carbocycles. The van der Waals surface area contributed by atoms with Gasteiger partial charge in [-0.1, -0.05) is 6.92 Å². The van der Waals surface area contributed by atoms with Gasteiger partial charge < -0.3 is 14.6 Å². The average molecular weight is 371 g/mol. The van der Waals surface area contributed by atoms with Gasteiger partial charge in [-0.15, -0.1) is 0 Å². The predicted molar refractivity (Wildman–Crippen MR) is 89.0 cm³/mol. The number of phenolic OH excluding ortho intramolecular Hbond substituents is 1. The van der Waals surface area contributed by atoms with E-state index in [2.05, 4.69) is 0 Å². The molecular weight excluding hydrogens is 351 g/mol. The molecule has 3 rings (SSSR count). The van der Waals surface area contributed by atoms with E-state index in [1.54, 1.807) is 11.0 Å². The fourth-order valence-electron chi connectivity index (χ4n) is 3.56. The number of hydrogen-bond acceptors (Lipinski definition) is 5. The van der Waals surface area contributed by atoms with Crippen LogP contribution in [0.25, 0.3) is 11.0 Å². The summed E-state index contributed by atoms with van der Waals surface area (Å²) in [7, 11) is 0. The zero-order chi connectivity index (χ0) is 19.1. The van der Waals surface area contributed by atoms with Crippen molar-refractivity contribution < 1.29 is 27.8 Å². The van der Waals surface area contributed by atoms with Gasteiger partial charge in [0, 0.05) is 30.1 Å². The van der Waals surface area contributed by atoms with Crippen LogP contribution in [-0.4, -0.2) is 40.0 Å². The number of alkyl halides is 3. The third-order valence-electron chi connectivity index (χ3n) is 4.90. The maximum absolute atomic E-state index is 12.9. The first-order valence-electron chi connectivity index (χ1n) is 8.48. The number of aromatic hydroxyl groups is 1. The Hall–Kier alpha value is -2.06. The molecule has 2 heterocycles. The van der Waals surface area contributed by atoms with Crippen molar-refractivity contribution in [1.29, 1.82) is 0 Å². The van der Waals surface area contributed by atoms with Crippen LogP contribution >= 0.6 is 0 Å². The zero-order valence-electron chi connectivity index (χ0n) is 14.2. The summed E-state index contributed by atoms with van der Waals surface area (Å²) < 4.78 is 43.8. The minimum atomic E-state index is -4.69. The zero-order valence-corrected chi connectivity index (χ0v) is 14.2. The number of rotatable bonds is 4. The van der Waals surface area contributed by atoms with Gasteiger partial charge in [-0.25, -0.2) is 4.79 Å². The lowest BCUT2D eigenvalue weighted by atomic mass is 10.0. The Bertz CT molecular complexity index is 862. The van der Waals surface area contributed by atoms with Gasteiger partial charge in [0.2, 0.25) is 0 Å². The van der Waals surface area contributed by atoms with Crippen molar-refractivity contribution in [2.24, 2.45) is 0 Å². The minimum Gasteiger partial charge on any atom is -0.508 e. The molecule has 142 valence electrons. The predicted octanol–water partition coefficient (Wildman–Crippen LogP) is 2.95. The molecule has 1 fully saturated rings. The van der Waals surface area contributed by atoms with E-state index in [1.165, 1.54) is 12.1 Å². The van der Waals surface area contributed by atoms with Gasteiger partial charge in [-0.2, -0.15) is 13.2 Å². The highest BCUT2D eigenvalue weighted by Crippen LogP contribution is 2.33. The normalized spacial score (nSPS) is 20.0. The van der Waals surface area contributed by atoms with Crippen LogP contribution in [0.5, 0.6) is 5.75 Å². The molecule has 26 heavy (non-hydrogen) atoms. The van der Waals surface area contributed by atoms with E-state index in [0.717, 1.165) is 0 Å². The van der Waals surface area contributed by atoms with E-state index in [1.807, 2.05) is 6.92 Å². The van der Waals surface area contributed by atoms with Crippen LogP contribution in [0, 0.1) is 0 Å². The largest absolute Gasteiger partial charge is 0.508 e. The number of halogens is 3. The van der Waals surface area contributed by atoms with Gasteiger partial charge in [0.25, 0.3) is 0 Å². The van der Waals surface area contributed by atoms with E-state index in [9.17, 15) is 28.2 Å². The Balaban J connectivity index is 1.99. The highest BCUT2D eigenvalue weighted by Gasteiger charge is 2.47. The van der Waals surface area contributed by atoms with Gasteiger partial charge in [0.1, 0.15) is 11.3 Å². The fraction of sp³-hybridized carbons (Fsp3) is 0.500. The van der Waals surface area contributed by atoms with E-state index < -0.39 is 23.9 Å². The molecule has 0 amide bonds. The third kappa shape index (κ3) is 3.57. The highest BCUT2D eigenvalue weighted by atomic mass is 19.4. The summed E-state index contributed by atoms with van der Waals surface area (Å²) in [6, 6.07) is 3.26. The number of fused-ring (bicyclic) bond motifs is 1. The number of likely N-dealkylation sites (tertiary alicyclic amines) is 1. The number of aliphatic hydroxyl groups excluding tert-OH is 1. The summed E-state index contributed by atoms with van der Waals surface area (Å²) >= 11 is 0. The molecule has 0 radical (unpaired) electrons. The molecule has 0 spiro atoms. The highest BCUT2D eigenvalue weighted by molar-refractivity contribution is 5.82. The minimum absolute atomic E-state index is 0.00634. The topological polar surface area (TPSA) is 73.9 Å². The number of nitrogens with zero attached hydrogens (tertiary/aromatic N) is 1. The maximum atomic E-state index is 12.9. The summed E-state index contributed by atoms with van der Waals surface area (Å²) in [5.41, 5.74) is 0.728. The van der Waals surface area contributed by atoms with Crippen molar-refractivity contribution in [2.45, 2.75) is 51.1 Å². The first kappa shape index (κ1) is 18.7. The van der Waals surface area contributed by atoms with Gasteiger partial charge in [-0.05, 0) is 43.0 Å². The van der Waals surface area contributed by atoms with Gasteiger partial charge in [0.15, 0.2) is 6.10 Å². The smallest absolute Gasteiger partial charge is 0.415 e. The van der Waals surface area contributed by atoms with Crippen LogP contribution < -0.4 is 5.63 Å². The number of hydrogen-bond donors (Lipinski definition) is 2. The second-order valence-corrected chi connectivity index (χ2v) is 6.59. The van der Waals surface area contributed by atoms with Crippen molar-refractivity contribution >= 4 is 11.0 Å². The Kier molecular flexibility index (Phi) is 4.98. The molecule has 1 aliphatic heterocycles. The van der Waals surface area contributed by atoms with Crippen molar-refractivity contribution in [3.8, 4) is 5.75 Å². The number of benzene rings is 1. The summed E-state index contributed by atoms with van der Waals surface area (Å²) in [6.45, 7) is 2.35. The van der Waals surface area contributed by atoms with E-state index in [-0.39, 0.29) is 24.3 Å². The monoisotopic (exact) mass is 371 g/mol. The molecule has 2 aromatic rings. The van der Waals surface area contributed by atoms with Crippen molar-refractivity contribution in [1.82, 2.24) is 4.90 Å². The van der Waals surface area contributed by atoms with Crippen molar-refractivity contribution in [2.75, 3.05) is 6.54 Å². The van der Waals surface area contributed by atoms with Gasteiger partial charge >= 0.3 is 11.8 Å². The molecule has 0 unspecified atom stereocenters. The van der Waals surface area contributed by atoms with E-state index >= 15 is 0 Å². The second kappa shape index (κ2) is 6.92. The molecule has 5 nitrogen and oxygen atoms in total. The van der Waals surface area contributed by atoms with E-state index in [0.29, 0.717) is 35.9 Å². The summed E-state index contributed by atoms with van der Waals surface area (Å²) in [5, 5.41) is 20.2. The first-order valence-corrected chi connectivity index (χ1v) is 8.48. The number of aliphatic hydroxyl groups is 1. The summed E-state index contributed by atoms with van der Waals surface area (Å²) in [5.74, 6) is 0.00634. The van der Waals surface area contributed by atoms with Crippen LogP contribution in [0.4, 0.5) is 13.2 Å². The lowest BCUT2D eigenvalue weighted by Crippen LogP contribution is -2.46. The van der Waals surface area contributed by atoms with Crippen molar-refractivity contribution in [3.63, 3.8) is 0 Å². The standard InChI is InChI=1S/C18H20F3NO4/c1-2-10-6-12-11(7-16(24)26-15(12)8-14(10)23)9-22-5-3-4-13(22)17(25)18(19,20)21/h6-8,13,17,23,25H,2-5,9H2,1H3/t13-,17+/m1/s1. The fourth-order valence-corrected chi connectivity index (χ4v) is 3.56. The van der Waals surface area contributed by atoms with Gasteiger partial charge in [0.05, 0.1) is 0 Å². The molecule has 2 atom stereocenters. The Morgan fingerprint density at radius 3 is 2.69 bits per heavy atom. The Morgan fingerprint density at radius 2 is 2.04 bits per heavy atom. The molecule has 0 bridgehead atoms. The lowest BCUT2D eigenvalue weighted by Gasteiger charge is -2.30. The molecule has 1 aromatic carbocycles. The van der Waals surface area contributed by atoms with Crippen LogP contribution in [-0.2, 0) is 13.0 Å². The Labute approximate surface area is 147 Å². The summed E-state index contributed by atoms with van der Waals surface area (Å²) in [4.78, 5) is 13.4. The molecule has 1 aromatic heterocycles. The second-order valence-electron chi connectivity index (χ2n) is 6.59. The van der Waals surface area contributed by atoms with Gasteiger partial charge in [-0.3, -0.25) is 4.90 Å². The summed E-state index contributed by atoms with van der Waals surface area (Å²) in [6.07, 6.45) is -5.78. The Morgan fingerprint density at radius 1 is 1.31 bits per heavy atom. The molecule has 2 N–H and O–H groups in total. The maximum Gasteiger partial charge on any atom is 0.415 e. The van der Waals surface area contributed by atoms with Crippen LogP contribution in [0.1, 0.15) is 30.9 Å². The van der Waals surface area contributed by atoms with Crippen LogP contribution in [0.3, 0.4) is 0 Å². The van der Waals surface area contributed by atoms with Crippen LogP contribution in [0.15, 0.2) is 27.4 Å². The lowest BCUT2D eigenvalue weighted by molar-refractivity contribution is -0.219. The third-order valence-corrected chi connectivity index (χ3v) is 4.90. The number of aryl methyl sites for hydroxylation is 1. The van der Waals surface area contributed by atoms with Crippen LogP contribution in [0.2, 0.25) is 0 Å². The average Bonchev–Trinajstić information content (AvgIpc) is 3.00. The molecule has 8 heteroatoms. The van der Waals surface area contributed by atoms with Crippen molar-refractivity contribution in [3.05, 3.63) is 39.7 Å². The SMILES string of the molecule is CCc1cc2c(CN3CCC[C@@H]3[C@H](O)C(F)(F)F)cc(=O)oc2cc1O. The molecule has 1 saturated heterocycles. The quantitative estimate of drug-likeness (QED) is 0.809. The molecular formula is C18H20F3NO4. The number of phenols is 1.